The van der Waals surface area contributed by atoms with Gasteiger partial charge in [0.1, 0.15) is 0 Å². The maximum absolute atomic E-state index is 13.1. The van der Waals surface area contributed by atoms with E-state index in [1.54, 1.807) is 6.20 Å². The average Bonchev–Trinajstić information content (AvgIpc) is 3.55. The van der Waals surface area contributed by atoms with Gasteiger partial charge in [-0.2, -0.15) is 0 Å². The summed E-state index contributed by atoms with van der Waals surface area (Å²) < 4.78 is 13.3. The molecule has 6 rings (SSSR count). The molecule has 2 aliphatic heterocycles. The van der Waals surface area contributed by atoms with Crippen LogP contribution in [-0.2, 0) is 16.1 Å². The molecule has 33 heavy (non-hydrogen) atoms. The number of fused-ring (bicyclic) bond motifs is 3. The normalized spacial score (nSPS) is 15.5. The van der Waals surface area contributed by atoms with Crippen molar-refractivity contribution in [3.05, 3.63) is 59.9 Å². The lowest BCUT2D eigenvalue weighted by molar-refractivity contribution is -0.122. The lowest BCUT2D eigenvalue weighted by Gasteiger charge is -2.11. The summed E-state index contributed by atoms with van der Waals surface area (Å²) in [5.74, 6) is 0.517. The Bertz CT molecular complexity index is 1490. The summed E-state index contributed by atoms with van der Waals surface area (Å²) in [5.41, 5.74) is 3.99. The molecule has 166 valence electrons. The smallest absolute Gasteiger partial charge is 0.259 e. The van der Waals surface area contributed by atoms with Crippen molar-refractivity contribution in [3.8, 4) is 11.5 Å². The van der Waals surface area contributed by atoms with E-state index in [1.165, 1.54) is 0 Å². The molecule has 0 fully saturated rings. The Kier molecular flexibility index (Phi) is 4.31. The molecule has 2 N–H and O–H groups in total. The molecule has 0 unspecified atom stereocenters. The number of benzene rings is 2. The van der Waals surface area contributed by atoms with Crippen molar-refractivity contribution in [2.24, 2.45) is 0 Å². The Morgan fingerprint density at radius 1 is 0.970 bits per heavy atom. The van der Waals surface area contributed by atoms with E-state index in [4.69, 9.17) is 9.47 Å². The summed E-state index contributed by atoms with van der Waals surface area (Å²) in [6, 6.07) is 11.6. The van der Waals surface area contributed by atoms with Crippen LogP contribution in [0.5, 0.6) is 11.5 Å². The van der Waals surface area contributed by atoms with Crippen LogP contribution in [0.25, 0.3) is 33.0 Å². The first-order chi connectivity index (χ1) is 16.0. The highest BCUT2D eigenvalue weighted by atomic mass is 16.7. The summed E-state index contributed by atoms with van der Waals surface area (Å²) >= 11 is 0. The molecule has 4 aromatic rings. The number of ether oxygens (including phenoxy) is 2. The van der Waals surface area contributed by atoms with Gasteiger partial charge in [0.15, 0.2) is 11.5 Å². The lowest BCUT2D eigenvalue weighted by Crippen LogP contribution is -2.22. The summed E-state index contributed by atoms with van der Waals surface area (Å²) in [6.07, 6.45) is 3.74. The number of aromatic amines is 1. The number of carbonyl (C=O) groups excluding carboxylic acids is 2. The maximum atomic E-state index is 13.1. The van der Waals surface area contributed by atoms with Crippen molar-refractivity contribution in [3.63, 3.8) is 0 Å². The fraction of sp³-hybridized carbons (Fsp3) is 0.200. The van der Waals surface area contributed by atoms with Crippen LogP contribution in [-0.4, -0.2) is 53.7 Å². The van der Waals surface area contributed by atoms with Gasteiger partial charge in [-0.25, -0.2) is 0 Å². The SMILES string of the molecule is CN(C)CCn1cc(C2=C(c3c[nH]c4ccccc34)C(=O)NC2=O)c2cc3c(cc21)OCO3. The topological polar surface area (TPSA) is 88.6 Å². The van der Waals surface area contributed by atoms with Crippen LogP contribution >= 0.6 is 0 Å². The maximum Gasteiger partial charge on any atom is 0.259 e. The van der Waals surface area contributed by atoms with Crippen molar-refractivity contribution < 1.29 is 19.1 Å². The van der Waals surface area contributed by atoms with Gasteiger partial charge >= 0.3 is 0 Å². The number of hydrogen-bond donors (Lipinski definition) is 2. The molecular formula is C25H22N4O4. The van der Waals surface area contributed by atoms with Crippen LogP contribution < -0.4 is 14.8 Å². The van der Waals surface area contributed by atoms with Crippen LogP contribution in [0.2, 0.25) is 0 Å². The third-order valence-corrected chi connectivity index (χ3v) is 6.22. The number of para-hydroxylation sites is 1. The minimum Gasteiger partial charge on any atom is -0.454 e. The standard InChI is InChI=1S/C25H22N4O4/c1-28(2)7-8-29-12-17(15-9-20-21(10-19(15)29)33-13-32-20)23-22(24(30)27-25(23)31)16-11-26-18-6-4-3-5-14(16)18/h3-6,9-12,26H,7-8,13H2,1-2H3,(H,27,30,31). The zero-order chi connectivity index (χ0) is 22.7. The number of aromatic nitrogens is 2. The van der Waals surface area contributed by atoms with Gasteiger partial charge in [-0.3, -0.25) is 14.9 Å². The minimum absolute atomic E-state index is 0.164. The Morgan fingerprint density at radius 2 is 1.70 bits per heavy atom. The number of hydrogen-bond acceptors (Lipinski definition) is 5. The molecular weight excluding hydrogens is 420 g/mol. The molecule has 0 saturated heterocycles. The van der Waals surface area contributed by atoms with Crippen LogP contribution in [0.3, 0.4) is 0 Å². The molecule has 0 atom stereocenters. The number of nitrogens with one attached hydrogen (secondary N) is 2. The summed E-state index contributed by atoms with van der Waals surface area (Å²) in [5, 5.41) is 4.24. The Morgan fingerprint density at radius 3 is 2.48 bits per heavy atom. The van der Waals surface area contributed by atoms with E-state index in [2.05, 4.69) is 19.8 Å². The van der Waals surface area contributed by atoms with E-state index >= 15 is 0 Å². The quantitative estimate of drug-likeness (QED) is 0.464. The van der Waals surface area contributed by atoms with E-state index in [0.717, 1.165) is 28.4 Å². The third-order valence-electron chi connectivity index (χ3n) is 6.22. The average molecular weight is 442 g/mol. The Balaban J connectivity index is 1.62. The molecule has 2 aliphatic rings. The second-order valence-electron chi connectivity index (χ2n) is 8.54. The second-order valence-corrected chi connectivity index (χ2v) is 8.54. The first-order valence-corrected chi connectivity index (χ1v) is 10.8. The van der Waals surface area contributed by atoms with Crippen molar-refractivity contribution in [2.75, 3.05) is 27.4 Å². The van der Waals surface area contributed by atoms with Crippen LogP contribution in [0.1, 0.15) is 11.1 Å². The minimum atomic E-state index is -0.399. The molecule has 0 radical (unpaired) electrons. The van der Waals surface area contributed by atoms with Crippen LogP contribution in [0.15, 0.2) is 48.8 Å². The Hall–Kier alpha value is -4.04. The number of imide groups is 1. The number of nitrogens with zero attached hydrogens (tertiary/aromatic N) is 2. The summed E-state index contributed by atoms with van der Waals surface area (Å²) in [4.78, 5) is 31.4. The molecule has 0 aliphatic carbocycles. The highest BCUT2D eigenvalue weighted by Gasteiger charge is 2.35. The number of amides is 2. The molecule has 0 bridgehead atoms. The predicted octanol–water partition coefficient (Wildman–Crippen LogP) is 2.98. The van der Waals surface area contributed by atoms with Gasteiger partial charge in [-0.1, -0.05) is 18.2 Å². The number of rotatable bonds is 5. The molecule has 0 saturated carbocycles. The zero-order valence-corrected chi connectivity index (χ0v) is 18.3. The summed E-state index contributed by atoms with van der Waals surface area (Å²) in [7, 11) is 4.03. The fourth-order valence-corrected chi connectivity index (χ4v) is 4.62. The predicted molar refractivity (Wildman–Crippen MR) is 125 cm³/mol. The molecule has 2 aromatic heterocycles. The highest BCUT2D eigenvalue weighted by Crippen LogP contribution is 2.42. The van der Waals surface area contributed by atoms with Gasteiger partial charge in [-0.05, 0) is 26.2 Å². The fourth-order valence-electron chi connectivity index (χ4n) is 4.62. The summed E-state index contributed by atoms with van der Waals surface area (Å²) in [6.45, 7) is 1.70. The molecule has 2 amide bonds. The lowest BCUT2D eigenvalue weighted by atomic mass is 9.95. The monoisotopic (exact) mass is 442 g/mol. The van der Waals surface area contributed by atoms with E-state index in [0.29, 0.717) is 40.3 Å². The third kappa shape index (κ3) is 3.02. The van der Waals surface area contributed by atoms with E-state index in [9.17, 15) is 9.59 Å². The zero-order valence-electron chi connectivity index (χ0n) is 18.3. The second kappa shape index (κ2) is 7.25. The highest BCUT2D eigenvalue weighted by molar-refractivity contribution is 6.50. The van der Waals surface area contributed by atoms with E-state index in [-0.39, 0.29) is 6.79 Å². The van der Waals surface area contributed by atoms with Gasteiger partial charge in [0.05, 0.1) is 16.7 Å². The van der Waals surface area contributed by atoms with Crippen molar-refractivity contribution in [1.82, 2.24) is 19.8 Å². The molecule has 8 heteroatoms. The van der Waals surface area contributed by atoms with Gasteiger partial charge < -0.3 is 23.9 Å². The van der Waals surface area contributed by atoms with E-state index in [1.807, 2.05) is 56.7 Å². The van der Waals surface area contributed by atoms with Crippen LogP contribution in [0.4, 0.5) is 0 Å². The molecule has 2 aromatic carbocycles. The van der Waals surface area contributed by atoms with Crippen molar-refractivity contribution in [2.45, 2.75) is 6.54 Å². The van der Waals surface area contributed by atoms with Crippen molar-refractivity contribution >= 4 is 44.8 Å². The number of likely N-dealkylation sites (N-methyl/N-ethyl adjacent to an activating group) is 1. The molecule has 0 spiro atoms. The Labute approximate surface area is 189 Å². The van der Waals surface area contributed by atoms with Gasteiger partial charge in [-0.15, -0.1) is 0 Å². The van der Waals surface area contributed by atoms with Gasteiger partial charge in [0.25, 0.3) is 11.8 Å². The first kappa shape index (κ1) is 19.6. The van der Waals surface area contributed by atoms with Gasteiger partial charge in [0.2, 0.25) is 6.79 Å². The van der Waals surface area contributed by atoms with E-state index < -0.39 is 11.8 Å². The first-order valence-electron chi connectivity index (χ1n) is 10.8. The molecule has 8 nitrogen and oxygen atoms in total. The van der Waals surface area contributed by atoms with Gasteiger partial charge in [0, 0.05) is 59.0 Å². The van der Waals surface area contributed by atoms with Crippen LogP contribution in [0, 0.1) is 0 Å². The number of carbonyl (C=O) groups is 2. The molecule has 4 heterocycles. The number of H-pyrrole nitrogens is 1. The van der Waals surface area contributed by atoms with Crippen molar-refractivity contribution in [1.29, 1.82) is 0 Å². The largest absolute Gasteiger partial charge is 0.454 e.